The van der Waals surface area contributed by atoms with E-state index in [9.17, 15) is 0 Å². The highest BCUT2D eigenvalue weighted by Gasteiger charge is 2.37. The van der Waals surface area contributed by atoms with Gasteiger partial charge in [0.15, 0.2) is 0 Å². The van der Waals surface area contributed by atoms with Gasteiger partial charge in [-0.05, 0) is 102 Å². The monoisotopic (exact) mass is 1270 g/mol. The van der Waals surface area contributed by atoms with Gasteiger partial charge in [-0.25, -0.2) is 19.9 Å². The van der Waals surface area contributed by atoms with Crippen LogP contribution in [0.4, 0.5) is 23.3 Å². The third-order valence-electron chi connectivity index (χ3n) is 20.4. The van der Waals surface area contributed by atoms with Crippen molar-refractivity contribution >= 4 is 66.9 Å². The zero-order valence-electron chi connectivity index (χ0n) is 53.6. The highest BCUT2D eigenvalue weighted by molar-refractivity contribution is 6.05. The maximum atomic E-state index is 5.58. The van der Waals surface area contributed by atoms with E-state index in [1.165, 1.54) is 22.5 Å². The lowest BCUT2D eigenvalue weighted by Crippen LogP contribution is -2.39. The van der Waals surface area contributed by atoms with Crippen molar-refractivity contribution in [1.82, 2.24) is 89.4 Å². The lowest BCUT2D eigenvalue weighted by Gasteiger charge is -2.35. The molecule has 4 saturated heterocycles. The number of rotatable bonds is 6. The number of hydrogen-bond acceptors (Lipinski definition) is 18. The zero-order chi connectivity index (χ0) is 63.0. The Morgan fingerprint density at radius 3 is 1.18 bits per heavy atom. The average molecular weight is 1270 g/mol. The topological polar surface area (TPSA) is 262 Å². The zero-order valence-corrected chi connectivity index (χ0v) is 53.6. The Hall–Kier alpha value is -9.50. The average Bonchev–Trinajstić information content (AvgIpc) is 1.64. The van der Waals surface area contributed by atoms with E-state index in [1.54, 1.807) is 0 Å². The Morgan fingerprint density at radius 2 is 0.766 bits per heavy atom. The van der Waals surface area contributed by atoms with Crippen LogP contribution in [0, 0.1) is 0 Å². The van der Waals surface area contributed by atoms with Gasteiger partial charge in [-0.15, -0.1) is 0 Å². The van der Waals surface area contributed by atoms with Crippen LogP contribution in [-0.2, 0) is 72.3 Å². The van der Waals surface area contributed by atoms with Crippen molar-refractivity contribution in [1.29, 1.82) is 0 Å². The molecule has 0 aliphatic carbocycles. The molecule has 8 aliphatic rings. The minimum atomic E-state index is 0.428. The second-order valence-electron chi connectivity index (χ2n) is 25.7. The molecule has 94 heavy (non-hydrogen) atoms. The van der Waals surface area contributed by atoms with E-state index in [2.05, 4.69) is 132 Å². The highest BCUT2D eigenvalue weighted by atomic mass is 16.5. The molecule has 0 spiro atoms. The molecule has 0 saturated carbocycles. The van der Waals surface area contributed by atoms with Crippen LogP contribution in [0.1, 0.15) is 88.0 Å². The second kappa shape index (κ2) is 24.4. The molecule has 26 heteroatoms. The molecule has 0 amide bonds. The Bertz CT molecular complexity index is 4570. The number of ether oxygens (including phenoxy) is 4. The minimum absolute atomic E-state index is 0.428. The van der Waals surface area contributed by atoms with Gasteiger partial charge in [0.1, 0.15) is 46.0 Å². The fraction of sp³-hybridized carbons (Fsp3) is 0.441. The van der Waals surface area contributed by atoms with Crippen molar-refractivity contribution in [2.75, 3.05) is 72.5 Å². The predicted molar refractivity (Wildman–Crippen MR) is 358 cm³/mol. The SMILES string of the molecule is CCn1cc2c(n1)CN(C1CCOCC1)c1nccc3[nH]nc-2c13.CCn1ccc2c1CN(C1CCOCC1)c1nccc3[nH]nc-2c13.Cn1cc2c(n1)CN(C1CCOCC1)c1nccc3[nH]nc-2c13.Cn1ccc2c1CN(C1CCOCC1)c1nccc3[nH]nc-2c13. The Morgan fingerprint density at radius 1 is 0.404 bits per heavy atom. The summed E-state index contributed by atoms with van der Waals surface area (Å²) in [6, 6.07) is 14.1. The maximum Gasteiger partial charge on any atom is 0.140 e. The van der Waals surface area contributed by atoms with Gasteiger partial charge in [-0.3, -0.25) is 29.8 Å². The molecule has 20 rings (SSSR count). The largest absolute Gasteiger partial charge is 0.381 e. The smallest absolute Gasteiger partial charge is 0.140 e. The van der Waals surface area contributed by atoms with Crippen LogP contribution in [0.3, 0.4) is 0 Å². The van der Waals surface area contributed by atoms with Crippen molar-refractivity contribution in [2.24, 2.45) is 14.1 Å². The lowest BCUT2D eigenvalue weighted by molar-refractivity contribution is 0.0838. The number of anilines is 4. The first-order valence-electron chi connectivity index (χ1n) is 33.5. The summed E-state index contributed by atoms with van der Waals surface area (Å²) in [5.74, 6) is 4.14. The third-order valence-corrected chi connectivity index (χ3v) is 20.4. The molecule has 12 aromatic heterocycles. The van der Waals surface area contributed by atoms with Gasteiger partial charge in [0.05, 0.1) is 81.2 Å². The summed E-state index contributed by atoms with van der Waals surface area (Å²) in [5.41, 5.74) is 17.6. The third kappa shape index (κ3) is 10.1. The summed E-state index contributed by atoms with van der Waals surface area (Å²) in [7, 11) is 4.07. The van der Waals surface area contributed by atoms with Crippen molar-refractivity contribution in [3.05, 3.63) is 109 Å². The second-order valence-corrected chi connectivity index (χ2v) is 25.7. The van der Waals surface area contributed by atoms with E-state index in [4.69, 9.17) is 44.0 Å². The van der Waals surface area contributed by atoms with Crippen molar-refractivity contribution in [3.63, 3.8) is 0 Å². The number of fused-ring (bicyclic) bond motifs is 8. The molecule has 26 nitrogen and oxygen atoms in total. The summed E-state index contributed by atoms with van der Waals surface area (Å²) in [6.07, 6.45) is 24.2. The van der Waals surface area contributed by atoms with Gasteiger partial charge in [0.2, 0.25) is 0 Å². The molecular weight excluding hydrogens is 1190 g/mol. The van der Waals surface area contributed by atoms with Crippen LogP contribution in [0.5, 0.6) is 0 Å². The Balaban J connectivity index is 0.0000000954. The number of hydrogen-bond donors (Lipinski definition) is 4. The number of aromatic nitrogens is 18. The van der Waals surface area contributed by atoms with Crippen molar-refractivity contribution in [3.8, 4) is 45.0 Å². The summed E-state index contributed by atoms with van der Waals surface area (Å²) < 4.78 is 30.6. The molecule has 4 N–H and O–H groups in total. The van der Waals surface area contributed by atoms with Crippen LogP contribution in [0.2, 0.25) is 0 Å². The summed E-state index contributed by atoms with van der Waals surface area (Å²) in [6.45, 7) is 16.0. The predicted octanol–water partition coefficient (Wildman–Crippen LogP) is 9.61. The number of nitrogens with zero attached hydrogens (tertiary/aromatic N) is 18. The van der Waals surface area contributed by atoms with Gasteiger partial charge < -0.3 is 47.7 Å². The molecule has 0 aromatic carbocycles. The van der Waals surface area contributed by atoms with E-state index in [0.717, 1.165) is 256 Å². The molecule has 0 atom stereocenters. The van der Waals surface area contributed by atoms with E-state index >= 15 is 0 Å². The fourth-order valence-electron chi connectivity index (χ4n) is 15.5. The first-order chi connectivity index (χ1) is 46.3. The number of aromatic amines is 4. The summed E-state index contributed by atoms with van der Waals surface area (Å²) in [5, 5.41) is 45.0. The highest BCUT2D eigenvalue weighted by Crippen LogP contribution is 2.45. The molecule has 0 bridgehead atoms. The van der Waals surface area contributed by atoms with Gasteiger partial charge in [0.25, 0.3) is 0 Å². The van der Waals surface area contributed by atoms with E-state index in [-0.39, 0.29) is 0 Å². The first kappa shape index (κ1) is 58.3. The van der Waals surface area contributed by atoms with Gasteiger partial charge >= 0.3 is 0 Å². The Kier molecular flexibility index (Phi) is 15.2. The number of pyridine rings is 4. The molecule has 484 valence electrons. The normalized spacial score (nSPS) is 18.1. The number of aryl methyl sites for hydroxylation is 4. The lowest BCUT2D eigenvalue weighted by atomic mass is 10.1. The quantitative estimate of drug-likeness (QED) is 0.121. The summed E-state index contributed by atoms with van der Waals surface area (Å²) in [4.78, 5) is 28.6. The molecule has 0 unspecified atom stereocenters. The van der Waals surface area contributed by atoms with Crippen LogP contribution in [-0.4, -0.2) is 166 Å². The van der Waals surface area contributed by atoms with Crippen LogP contribution < -0.4 is 19.6 Å². The molecule has 0 radical (unpaired) electrons. The molecule has 12 aromatic rings. The fourth-order valence-corrected chi connectivity index (χ4v) is 15.5. The van der Waals surface area contributed by atoms with Crippen molar-refractivity contribution < 1.29 is 18.9 Å². The van der Waals surface area contributed by atoms with Gasteiger partial charge in [0, 0.05) is 187 Å². The van der Waals surface area contributed by atoms with Gasteiger partial charge in [-0.2, -0.15) is 30.6 Å². The molecular formula is C68H78N22O4. The van der Waals surface area contributed by atoms with Crippen LogP contribution in [0.15, 0.2) is 86.0 Å². The molecule has 4 fully saturated rings. The number of H-pyrrole nitrogens is 4. The van der Waals surface area contributed by atoms with E-state index in [1.807, 2.05) is 65.5 Å². The minimum Gasteiger partial charge on any atom is -0.381 e. The Labute approximate surface area is 541 Å². The van der Waals surface area contributed by atoms with Crippen molar-refractivity contribution in [2.45, 2.75) is 129 Å². The van der Waals surface area contributed by atoms with Crippen LogP contribution in [0.25, 0.3) is 88.6 Å². The van der Waals surface area contributed by atoms with E-state index in [0.29, 0.717) is 24.2 Å². The first-order valence-corrected chi connectivity index (χ1v) is 33.5. The van der Waals surface area contributed by atoms with E-state index < -0.39 is 0 Å². The van der Waals surface area contributed by atoms with Crippen LogP contribution >= 0.6 is 0 Å². The number of nitrogens with one attached hydrogen (secondary N) is 4. The summed E-state index contributed by atoms with van der Waals surface area (Å²) >= 11 is 0. The molecule has 8 aliphatic heterocycles. The maximum absolute atomic E-state index is 5.58. The molecule has 20 heterocycles. The standard InChI is InChI=1S/C18H21N5O.C17H20N6O.C17H19N5O.C16H18N6O/c1-2-22-8-4-13-15(22)11-23(12-5-9-24-10-6-12)18-16-14(3-7-19-18)20-21-17(13)16;1-2-22-9-12-14(21-22)10-23(11-4-7-24-8-5-11)17-15-13(3-6-18-17)19-20-16(12)15;1-21-7-3-12-14(21)10-22(11-4-8-23-9-5-11)17-15-13(2-6-18-17)19-20-16(12)15;1-21-8-11-13(20-21)9-22(10-3-6-23-7-4-10)16-14-12(2-5-17-16)18-19-15(11)14/h3-4,7-8,12H,2,5-6,9-11H2,1H3,(H,20,21);3,6,9,11H,2,4-5,7-8,10H2,1H3,(H,19,20);2-3,6-7,11H,4-5,8-10H2,1H3,(H,19,20);2,5,8,10H,3-4,6-7,9H2,1H3,(H,18,19). The van der Waals surface area contributed by atoms with Gasteiger partial charge in [-0.1, -0.05) is 0 Å².